The predicted octanol–water partition coefficient (Wildman–Crippen LogP) is 4.03. The summed E-state index contributed by atoms with van der Waals surface area (Å²) in [6.45, 7) is 3.95. The third-order valence-corrected chi connectivity index (χ3v) is 5.09. The van der Waals surface area contributed by atoms with Crippen molar-refractivity contribution in [2.75, 3.05) is 6.26 Å². The minimum Gasteiger partial charge on any atom is -0.383 e. The van der Waals surface area contributed by atoms with Crippen LogP contribution in [0.5, 0.6) is 5.75 Å². The zero-order valence-electron chi connectivity index (χ0n) is 16.2. The van der Waals surface area contributed by atoms with Gasteiger partial charge in [0.15, 0.2) is 0 Å². The topological polar surface area (TPSA) is 107 Å². The second kappa shape index (κ2) is 9.23. The number of hydrogen-bond donors (Lipinski definition) is 0. The molecule has 156 valence electrons. The van der Waals surface area contributed by atoms with E-state index in [1.54, 1.807) is 17.0 Å². The Kier molecular flexibility index (Phi) is 7.21. The lowest BCUT2D eigenvalue weighted by Gasteiger charge is -2.29. The van der Waals surface area contributed by atoms with E-state index in [0.717, 1.165) is 12.3 Å². The Bertz CT molecular complexity index is 1030. The van der Waals surface area contributed by atoms with Crippen LogP contribution in [0.15, 0.2) is 42.5 Å². The molecule has 0 bridgehead atoms. The molecular weight excluding hydrogens is 420 g/mol. The van der Waals surface area contributed by atoms with Crippen LogP contribution in [0.3, 0.4) is 0 Å². The second-order valence-corrected chi connectivity index (χ2v) is 8.53. The van der Waals surface area contributed by atoms with E-state index in [-0.39, 0.29) is 34.6 Å². The van der Waals surface area contributed by atoms with Gasteiger partial charge in [0.25, 0.3) is 11.6 Å². The molecule has 0 spiro atoms. The summed E-state index contributed by atoms with van der Waals surface area (Å²) in [5.41, 5.74) is 0.457. The average molecular weight is 441 g/mol. The second-order valence-electron chi connectivity index (χ2n) is 6.55. The van der Waals surface area contributed by atoms with Crippen LogP contribution in [0.2, 0.25) is 5.02 Å². The van der Waals surface area contributed by atoms with Gasteiger partial charge in [-0.2, -0.15) is 8.42 Å². The fraction of sp³-hybridized carbons (Fsp3) is 0.316. The molecule has 2 aromatic rings. The van der Waals surface area contributed by atoms with Crippen LogP contribution >= 0.6 is 11.6 Å². The molecule has 0 aliphatic carbocycles. The summed E-state index contributed by atoms with van der Waals surface area (Å²) in [4.78, 5) is 25.1. The quantitative estimate of drug-likeness (QED) is 0.348. The van der Waals surface area contributed by atoms with E-state index >= 15 is 0 Å². The molecule has 29 heavy (non-hydrogen) atoms. The number of benzene rings is 2. The maximum Gasteiger partial charge on any atom is 0.306 e. The molecule has 2 aromatic carbocycles. The summed E-state index contributed by atoms with van der Waals surface area (Å²) >= 11 is 5.84. The molecule has 8 nitrogen and oxygen atoms in total. The SMILES string of the molecule is CCC(C)N(Cc1cccc(OS(C)(=O)=O)c1)C(=O)c1ccc(Cl)c([N+](=O)[O-])c1. The number of nitro benzene ring substituents is 1. The first-order chi connectivity index (χ1) is 13.5. The molecule has 0 aliphatic rings. The largest absolute Gasteiger partial charge is 0.383 e. The van der Waals surface area contributed by atoms with Crippen LogP contribution in [0, 0.1) is 10.1 Å². The van der Waals surface area contributed by atoms with Crippen molar-refractivity contribution in [1.82, 2.24) is 4.90 Å². The van der Waals surface area contributed by atoms with E-state index in [2.05, 4.69) is 0 Å². The Morgan fingerprint density at radius 3 is 2.55 bits per heavy atom. The van der Waals surface area contributed by atoms with E-state index in [9.17, 15) is 23.3 Å². The van der Waals surface area contributed by atoms with Crippen molar-refractivity contribution in [1.29, 1.82) is 0 Å². The molecule has 0 N–H and O–H groups in total. The first-order valence-electron chi connectivity index (χ1n) is 8.75. The van der Waals surface area contributed by atoms with Gasteiger partial charge < -0.3 is 9.08 Å². The molecule has 0 saturated carbocycles. The molecule has 1 amide bonds. The predicted molar refractivity (Wildman–Crippen MR) is 110 cm³/mol. The lowest BCUT2D eigenvalue weighted by atomic mass is 10.1. The van der Waals surface area contributed by atoms with Gasteiger partial charge >= 0.3 is 10.1 Å². The van der Waals surface area contributed by atoms with E-state index in [0.29, 0.717) is 12.0 Å². The first-order valence-corrected chi connectivity index (χ1v) is 10.9. The van der Waals surface area contributed by atoms with Gasteiger partial charge in [-0.1, -0.05) is 30.7 Å². The van der Waals surface area contributed by atoms with Crippen LogP contribution in [0.4, 0.5) is 5.69 Å². The molecule has 0 saturated heterocycles. The van der Waals surface area contributed by atoms with Crippen molar-refractivity contribution < 1.29 is 22.3 Å². The number of carbonyl (C=O) groups is 1. The van der Waals surface area contributed by atoms with Crippen molar-refractivity contribution in [2.45, 2.75) is 32.9 Å². The van der Waals surface area contributed by atoms with Gasteiger partial charge in [-0.05, 0) is 43.2 Å². The molecule has 0 aliphatic heterocycles. The molecule has 0 fully saturated rings. The Morgan fingerprint density at radius 2 is 1.97 bits per heavy atom. The van der Waals surface area contributed by atoms with Gasteiger partial charge in [0.2, 0.25) is 0 Å². The lowest BCUT2D eigenvalue weighted by Crippen LogP contribution is -2.37. The van der Waals surface area contributed by atoms with Crippen molar-refractivity contribution in [3.63, 3.8) is 0 Å². The molecular formula is C19H21ClN2O6S. The third kappa shape index (κ3) is 6.16. The highest BCUT2D eigenvalue weighted by molar-refractivity contribution is 7.86. The maximum absolute atomic E-state index is 13.1. The van der Waals surface area contributed by atoms with Crippen LogP contribution in [-0.4, -0.2) is 36.4 Å². The number of rotatable bonds is 8. The van der Waals surface area contributed by atoms with E-state index < -0.39 is 20.9 Å². The van der Waals surface area contributed by atoms with Crippen molar-refractivity contribution in [2.24, 2.45) is 0 Å². The summed E-state index contributed by atoms with van der Waals surface area (Å²) in [5, 5.41) is 11.1. The minimum absolute atomic E-state index is 0.0488. The van der Waals surface area contributed by atoms with Crippen molar-refractivity contribution >= 4 is 33.3 Å². The van der Waals surface area contributed by atoms with Crippen LogP contribution in [0.1, 0.15) is 36.2 Å². The standard InChI is InChI=1S/C19H21ClN2O6S/c1-4-13(2)21(12-14-6-5-7-16(10-14)28-29(3,26)27)19(23)15-8-9-17(20)18(11-15)22(24)25/h5-11,13H,4,12H2,1-3H3. The highest BCUT2D eigenvalue weighted by Gasteiger charge is 2.24. The highest BCUT2D eigenvalue weighted by atomic mass is 35.5. The molecule has 10 heteroatoms. The summed E-state index contributed by atoms with van der Waals surface area (Å²) in [6.07, 6.45) is 1.60. The number of nitrogens with zero attached hydrogens (tertiary/aromatic N) is 2. The fourth-order valence-corrected chi connectivity index (χ4v) is 3.31. The van der Waals surface area contributed by atoms with Gasteiger partial charge in [0, 0.05) is 24.2 Å². The van der Waals surface area contributed by atoms with Gasteiger partial charge in [0.05, 0.1) is 11.2 Å². The molecule has 1 unspecified atom stereocenters. The number of halogens is 1. The van der Waals surface area contributed by atoms with Gasteiger partial charge in [-0.25, -0.2) is 0 Å². The average Bonchev–Trinajstić information content (AvgIpc) is 2.64. The van der Waals surface area contributed by atoms with Gasteiger partial charge in [-0.3, -0.25) is 14.9 Å². The summed E-state index contributed by atoms with van der Waals surface area (Å²) in [7, 11) is -3.68. The molecule has 2 rings (SSSR count). The lowest BCUT2D eigenvalue weighted by molar-refractivity contribution is -0.384. The Labute approximate surface area is 174 Å². The molecule has 0 radical (unpaired) electrons. The number of amides is 1. The maximum atomic E-state index is 13.1. The number of nitro groups is 1. The van der Waals surface area contributed by atoms with Gasteiger partial charge in [-0.15, -0.1) is 0 Å². The summed E-state index contributed by atoms with van der Waals surface area (Å²) in [5.74, 6) is -0.253. The van der Waals surface area contributed by atoms with E-state index in [4.69, 9.17) is 15.8 Å². The number of carbonyl (C=O) groups excluding carboxylic acids is 1. The van der Waals surface area contributed by atoms with E-state index in [1.165, 1.54) is 24.3 Å². The Morgan fingerprint density at radius 1 is 1.28 bits per heavy atom. The molecule has 1 atom stereocenters. The number of hydrogen-bond acceptors (Lipinski definition) is 6. The highest BCUT2D eigenvalue weighted by Crippen LogP contribution is 2.27. The Hall–Kier alpha value is -2.65. The fourth-order valence-electron chi connectivity index (χ4n) is 2.67. The Balaban J connectivity index is 2.36. The van der Waals surface area contributed by atoms with Crippen LogP contribution in [-0.2, 0) is 16.7 Å². The molecule has 0 heterocycles. The normalized spacial score (nSPS) is 12.3. The monoisotopic (exact) mass is 440 g/mol. The smallest absolute Gasteiger partial charge is 0.306 e. The zero-order chi connectivity index (χ0) is 21.8. The van der Waals surface area contributed by atoms with E-state index in [1.807, 2.05) is 13.8 Å². The van der Waals surface area contributed by atoms with Crippen LogP contribution in [0.25, 0.3) is 0 Å². The van der Waals surface area contributed by atoms with Crippen molar-refractivity contribution in [3.05, 3.63) is 68.7 Å². The van der Waals surface area contributed by atoms with Gasteiger partial charge in [0.1, 0.15) is 10.8 Å². The summed E-state index contributed by atoms with van der Waals surface area (Å²) < 4.78 is 27.6. The third-order valence-electron chi connectivity index (χ3n) is 4.27. The first kappa shape index (κ1) is 22.6. The minimum atomic E-state index is -3.68. The zero-order valence-corrected chi connectivity index (χ0v) is 17.7. The van der Waals surface area contributed by atoms with Crippen LogP contribution < -0.4 is 4.18 Å². The summed E-state index contributed by atoms with van der Waals surface area (Å²) in [6, 6.07) is 10.2. The van der Waals surface area contributed by atoms with Crippen molar-refractivity contribution in [3.8, 4) is 5.75 Å². The molecule has 0 aromatic heterocycles.